The molecule has 3 nitrogen and oxygen atoms in total. The van der Waals surface area contributed by atoms with Crippen molar-refractivity contribution in [3.05, 3.63) is 23.2 Å². The largest absolute Gasteiger partial charge is 0.498 e. The Labute approximate surface area is 175 Å². The van der Waals surface area contributed by atoms with Gasteiger partial charge in [-0.05, 0) is 57.3 Å². The molecule has 1 aliphatic carbocycles. The van der Waals surface area contributed by atoms with Crippen LogP contribution in [0.5, 0.6) is 0 Å². The second-order valence-corrected chi connectivity index (χ2v) is 8.82. The van der Waals surface area contributed by atoms with Crippen LogP contribution in [0.15, 0.2) is 23.2 Å². The van der Waals surface area contributed by atoms with Crippen molar-refractivity contribution in [3.8, 4) is 0 Å². The van der Waals surface area contributed by atoms with Gasteiger partial charge in [0.1, 0.15) is 18.1 Å². The Kier molecular flexibility index (Phi) is 10.5. The highest BCUT2D eigenvalue weighted by Crippen LogP contribution is 2.39. The topological polar surface area (TPSA) is 27.7 Å². The lowest BCUT2D eigenvalue weighted by atomic mass is 9.73. The molecule has 2 rings (SSSR count). The first-order valence-electron chi connectivity index (χ1n) is 11.5. The lowest BCUT2D eigenvalue weighted by Crippen LogP contribution is -2.34. The Hall–Kier alpha value is -1.10. The zero-order valence-electron chi connectivity index (χ0n) is 18.8. The minimum Gasteiger partial charge on any atom is -0.498 e. The SMILES string of the molecule is CCCCCC1CCC(C2CCC(CO/C(C)=C(F)/C(F)=C(\C)OC)OC2)CC1. The van der Waals surface area contributed by atoms with E-state index in [1.165, 1.54) is 72.3 Å². The van der Waals surface area contributed by atoms with E-state index in [-0.39, 0.29) is 24.2 Å². The summed E-state index contributed by atoms with van der Waals surface area (Å²) in [5.41, 5.74) is 0. The zero-order valence-corrected chi connectivity index (χ0v) is 18.8. The molecule has 0 radical (unpaired) electrons. The van der Waals surface area contributed by atoms with Crippen molar-refractivity contribution in [2.45, 2.75) is 91.1 Å². The average Bonchev–Trinajstić information content (AvgIpc) is 2.77. The molecule has 0 aromatic rings. The van der Waals surface area contributed by atoms with Gasteiger partial charge in [0, 0.05) is 0 Å². The molecule has 1 heterocycles. The van der Waals surface area contributed by atoms with E-state index in [9.17, 15) is 8.78 Å². The predicted molar refractivity (Wildman–Crippen MR) is 113 cm³/mol. The summed E-state index contributed by atoms with van der Waals surface area (Å²) >= 11 is 0. The van der Waals surface area contributed by atoms with Crippen LogP contribution in [-0.2, 0) is 14.2 Å². The fourth-order valence-electron chi connectivity index (χ4n) is 4.64. The maximum absolute atomic E-state index is 14.0. The molecule has 1 aliphatic heterocycles. The molecule has 29 heavy (non-hydrogen) atoms. The fourth-order valence-corrected chi connectivity index (χ4v) is 4.64. The van der Waals surface area contributed by atoms with Crippen LogP contribution in [0.3, 0.4) is 0 Å². The predicted octanol–water partition coefficient (Wildman–Crippen LogP) is 7.23. The Morgan fingerprint density at radius 3 is 2.14 bits per heavy atom. The van der Waals surface area contributed by atoms with Gasteiger partial charge in [-0.25, -0.2) is 0 Å². The Balaban J connectivity index is 1.69. The molecule has 2 aliphatic rings. The van der Waals surface area contributed by atoms with Crippen molar-refractivity contribution in [2.75, 3.05) is 20.3 Å². The van der Waals surface area contributed by atoms with Crippen LogP contribution in [-0.4, -0.2) is 26.4 Å². The molecule has 0 N–H and O–H groups in total. The number of halogens is 2. The van der Waals surface area contributed by atoms with Crippen molar-refractivity contribution in [3.63, 3.8) is 0 Å². The van der Waals surface area contributed by atoms with Gasteiger partial charge in [-0.3, -0.25) is 0 Å². The summed E-state index contributed by atoms with van der Waals surface area (Å²) in [4.78, 5) is 0. The van der Waals surface area contributed by atoms with Crippen LogP contribution >= 0.6 is 0 Å². The summed E-state index contributed by atoms with van der Waals surface area (Å²) < 4.78 is 44.0. The molecule has 0 spiro atoms. The van der Waals surface area contributed by atoms with Crippen LogP contribution in [0.1, 0.15) is 85.0 Å². The number of unbranched alkanes of at least 4 members (excludes halogenated alkanes) is 2. The highest BCUT2D eigenvalue weighted by Gasteiger charge is 2.31. The molecule has 2 fully saturated rings. The van der Waals surface area contributed by atoms with Gasteiger partial charge >= 0.3 is 0 Å². The molecule has 0 aromatic heterocycles. The fraction of sp³-hybridized carbons (Fsp3) is 0.833. The third-order valence-electron chi connectivity index (χ3n) is 6.78. The van der Waals surface area contributed by atoms with Crippen LogP contribution in [0, 0.1) is 17.8 Å². The maximum atomic E-state index is 14.0. The van der Waals surface area contributed by atoms with E-state index in [4.69, 9.17) is 14.2 Å². The number of ether oxygens (including phenoxy) is 3. The minimum atomic E-state index is -1.01. The number of allylic oxidation sites excluding steroid dienone is 4. The molecular formula is C24H40F2O3. The monoisotopic (exact) mass is 414 g/mol. The number of rotatable bonds is 10. The van der Waals surface area contributed by atoms with Crippen molar-refractivity contribution in [1.29, 1.82) is 0 Å². The highest BCUT2D eigenvalue weighted by atomic mass is 19.2. The van der Waals surface area contributed by atoms with E-state index in [1.807, 2.05) is 0 Å². The van der Waals surface area contributed by atoms with Crippen molar-refractivity contribution >= 4 is 0 Å². The lowest BCUT2D eigenvalue weighted by molar-refractivity contribution is -0.0659. The molecule has 5 heteroatoms. The van der Waals surface area contributed by atoms with Crippen LogP contribution in [0.25, 0.3) is 0 Å². The zero-order chi connectivity index (χ0) is 21.2. The molecule has 1 saturated carbocycles. The van der Waals surface area contributed by atoms with Gasteiger partial charge in [0.2, 0.25) is 0 Å². The summed E-state index contributed by atoms with van der Waals surface area (Å²) in [6, 6.07) is 0. The summed E-state index contributed by atoms with van der Waals surface area (Å²) in [6.07, 6.45) is 12.9. The van der Waals surface area contributed by atoms with Gasteiger partial charge in [-0.2, -0.15) is 8.78 Å². The molecule has 2 unspecified atom stereocenters. The van der Waals surface area contributed by atoms with Crippen molar-refractivity contribution in [1.82, 2.24) is 0 Å². The smallest absolute Gasteiger partial charge is 0.199 e. The van der Waals surface area contributed by atoms with Gasteiger partial charge in [0.15, 0.2) is 11.7 Å². The van der Waals surface area contributed by atoms with Gasteiger partial charge in [-0.1, -0.05) is 45.4 Å². The second kappa shape index (κ2) is 12.6. The molecule has 168 valence electrons. The lowest BCUT2D eigenvalue weighted by Gasteiger charge is -2.37. The molecule has 0 amide bonds. The quantitative estimate of drug-likeness (QED) is 0.214. The first-order chi connectivity index (χ1) is 14.0. The van der Waals surface area contributed by atoms with Gasteiger partial charge < -0.3 is 14.2 Å². The van der Waals surface area contributed by atoms with E-state index in [0.717, 1.165) is 31.3 Å². The first kappa shape index (κ1) is 24.2. The molecule has 0 bridgehead atoms. The normalized spacial score (nSPS) is 29.7. The Morgan fingerprint density at radius 2 is 1.55 bits per heavy atom. The van der Waals surface area contributed by atoms with E-state index in [1.54, 1.807) is 0 Å². The Bertz CT molecular complexity index is 542. The third kappa shape index (κ3) is 7.58. The number of hydrogen-bond donors (Lipinski definition) is 0. The molecule has 2 atom stereocenters. The highest BCUT2D eigenvalue weighted by molar-refractivity contribution is 5.23. The minimum absolute atomic E-state index is 0.0463. The summed E-state index contributed by atoms with van der Waals surface area (Å²) in [5.74, 6) is 0.182. The summed E-state index contributed by atoms with van der Waals surface area (Å²) in [7, 11) is 1.31. The number of methoxy groups -OCH3 is 1. The maximum Gasteiger partial charge on any atom is 0.199 e. The molecule has 0 aromatic carbocycles. The first-order valence-corrected chi connectivity index (χ1v) is 11.5. The van der Waals surface area contributed by atoms with Gasteiger partial charge in [0.05, 0.1) is 19.8 Å². The molecular weight excluding hydrogens is 374 g/mol. The van der Waals surface area contributed by atoms with Crippen molar-refractivity contribution in [2.24, 2.45) is 17.8 Å². The second-order valence-electron chi connectivity index (χ2n) is 8.82. The van der Waals surface area contributed by atoms with Crippen LogP contribution in [0.2, 0.25) is 0 Å². The summed E-state index contributed by atoms with van der Waals surface area (Å²) in [6.45, 7) is 6.11. The van der Waals surface area contributed by atoms with E-state index < -0.39 is 11.7 Å². The van der Waals surface area contributed by atoms with E-state index >= 15 is 0 Å². The van der Waals surface area contributed by atoms with Crippen LogP contribution < -0.4 is 0 Å². The van der Waals surface area contributed by atoms with Crippen molar-refractivity contribution < 1.29 is 23.0 Å². The average molecular weight is 415 g/mol. The third-order valence-corrected chi connectivity index (χ3v) is 6.78. The standard InChI is InChI=1S/C24H40F2O3/c1-5-6-7-8-19-9-11-20(12-10-19)21-13-14-22(29-15-21)16-28-18(3)24(26)23(25)17(2)27-4/h19-22H,5-16H2,1-4H3/b23-17-,24-18-. The van der Waals surface area contributed by atoms with E-state index in [2.05, 4.69) is 6.92 Å². The summed E-state index contributed by atoms with van der Waals surface area (Å²) in [5, 5.41) is 0. The molecule has 1 saturated heterocycles. The van der Waals surface area contributed by atoms with Gasteiger partial charge in [-0.15, -0.1) is 0 Å². The van der Waals surface area contributed by atoms with Gasteiger partial charge in [0.25, 0.3) is 0 Å². The Morgan fingerprint density at radius 1 is 0.897 bits per heavy atom. The van der Waals surface area contributed by atoms with E-state index in [0.29, 0.717) is 5.92 Å². The van der Waals surface area contributed by atoms with Crippen LogP contribution in [0.4, 0.5) is 8.78 Å². The number of hydrogen-bond acceptors (Lipinski definition) is 3.